The predicted octanol–water partition coefficient (Wildman–Crippen LogP) is 0.727. The van der Waals surface area contributed by atoms with Gasteiger partial charge in [0.1, 0.15) is 0 Å². The second kappa shape index (κ2) is 3.16. The number of hydrogen-bond acceptors (Lipinski definition) is 2. The summed E-state index contributed by atoms with van der Waals surface area (Å²) < 4.78 is 2.22. The quantitative estimate of drug-likeness (QED) is 0.706. The molecule has 2 heterocycles. The van der Waals surface area contributed by atoms with Crippen LogP contribution in [0.2, 0.25) is 0 Å². The van der Waals surface area contributed by atoms with E-state index in [0.717, 1.165) is 36.2 Å². The lowest BCUT2D eigenvalue weighted by molar-refractivity contribution is 0.259. The number of aromatic nitrogens is 1. The molecule has 0 fully saturated rings. The predicted molar refractivity (Wildman–Crippen MR) is 49.3 cm³/mol. The molecule has 3 heteroatoms. The number of aliphatic hydroxyl groups is 2. The maximum atomic E-state index is 9.20. The zero-order valence-corrected chi connectivity index (χ0v) is 7.88. The summed E-state index contributed by atoms with van der Waals surface area (Å²) >= 11 is 0. The Morgan fingerprint density at radius 1 is 1.23 bits per heavy atom. The van der Waals surface area contributed by atoms with Crippen molar-refractivity contribution >= 4 is 0 Å². The molecule has 1 aromatic heterocycles. The third-order valence-electron chi connectivity index (χ3n) is 2.99. The molecule has 0 aliphatic carbocycles. The van der Waals surface area contributed by atoms with E-state index in [1.807, 2.05) is 6.92 Å². The Morgan fingerprint density at radius 2 is 1.92 bits per heavy atom. The molecule has 0 unspecified atom stereocenters. The molecule has 0 aromatic carbocycles. The summed E-state index contributed by atoms with van der Waals surface area (Å²) in [5, 5.41) is 18.4. The van der Waals surface area contributed by atoms with E-state index < -0.39 is 0 Å². The van der Waals surface area contributed by atoms with E-state index >= 15 is 0 Å². The monoisotopic (exact) mass is 181 g/mol. The second-order valence-corrected chi connectivity index (χ2v) is 3.56. The molecule has 0 atom stereocenters. The first-order chi connectivity index (χ1) is 6.29. The summed E-state index contributed by atoms with van der Waals surface area (Å²) in [5.74, 6) is 0. The van der Waals surface area contributed by atoms with Crippen LogP contribution in [0.5, 0.6) is 0 Å². The summed E-state index contributed by atoms with van der Waals surface area (Å²) in [4.78, 5) is 0. The van der Waals surface area contributed by atoms with Crippen molar-refractivity contribution in [1.82, 2.24) is 4.57 Å². The van der Waals surface area contributed by atoms with Crippen LogP contribution >= 0.6 is 0 Å². The minimum absolute atomic E-state index is 0.0434. The van der Waals surface area contributed by atoms with Gasteiger partial charge in [-0.1, -0.05) is 0 Å². The van der Waals surface area contributed by atoms with Crippen molar-refractivity contribution in [1.29, 1.82) is 0 Å². The molecule has 0 saturated heterocycles. The Balaban J connectivity index is 2.58. The molecule has 1 aliphatic rings. The molecule has 3 nitrogen and oxygen atoms in total. The van der Waals surface area contributed by atoms with Gasteiger partial charge < -0.3 is 14.8 Å². The van der Waals surface area contributed by atoms with Crippen molar-refractivity contribution in [3.63, 3.8) is 0 Å². The minimum Gasteiger partial charge on any atom is -0.392 e. The summed E-state index contributed by atoms with van der Waals surface area (Å²) in [6.45, 7) is 3.15. The zero-order chi connectivity index (χ0) is 9.42. The van der Waals surface area contributed by atoms with Crippen LogP contribution in [0, 0.1) is 6.92 Å². The summed E-state index contributed by atoms with van der Waals surface area (Å²) in [7, 11) is 0. The normalized spacial score (nSPS) is 15.0. The van der Waals surface area contributed by atoms with Crippen molar-refractivity contribution in [2.24, 2.45) is 0 Å². The van der Waals surface area contributed by atoms with Crippen molar-refractivity contribution in [2.45, 2.75) is 39.5 Å². The largest absolute Gasteiger partial charge is 0.392 e. The fourth-order valence-electron chi connectivity index (χ4n) is 2.31. The highest BCUT2D eigenvalue weighted by Crippen LogP contribution is 2.28. The fraction of sp³-hybridized carbons (Fsp3) is 0.600. The number of aliphatic hydroxyl groups excluding tert-OH is 2. The third kappa shape index (κ3) is 1.11. The lowest BCUT2D eigenvalue weighted by atomic mass is 10.1. The van der Waals surface area contributed by atoms with Crippen LogP contribution in [0.25, 0.3) is 0 Å². The number of nitrogens with zero attached hydrogens (tertiary/aromatic N) is 1. The molecule has 1 aliphatic heterocycles. The van der Waals surface area contributed by atoms with Gasteiger partial charge in [0, 0.05) is 29.1 Å². The molecule has 0 radical (unpaired) electrons. The maximum Gasteiger partial charge on any atom is 0.0703 e. The maximum absolute atomic E-state index is 9.20. The first kappa shape index (κ1) is 8.78. The highest BCUT2D eigenvalue weighted by Gasteiger charge is 2.21. The van der Waals surface area contributed by atoms with Crippen LogP contribution in [0.1, 0.15) is 28.9 Å². The molecule has 2 rings (SSSR count). The van der Waals surface area contributed by atoms with Crippen molar-refractivity contribution in [2.75, 3.05) is 0 Å². The number of rotatable bonds is 2. The summed E-state index contributed by atoms with van der Waals surface area (Å²) in [6, 6.07) is 0. The van der Waals surface area contributed by atoms with Crippen LogP contribution in [0.3, 0.4) is 0 Å². The molecule has 1 aromatic rings. The van der Waals surface area contributed by atoms with E-state index in [1.165, 1.54) is 5.69 Å². The third-order valence-corrected chi connectivity index (χ3v) is 2.99. The smallest absolute Gasteiger partial charge is 0.0703 e. The SMILES string of the molecule is Cc1c(CO)c(CO)c2n1CCC2. The van der Waals surface area contributed by atoms with Crippen LogP contribution < -0.4 is 0 Å². The van der Waals surface area contributed by atoms with Crippen molar-refractivity contribution in [3.8, 4) is 0 Å². The lowest BCUT2D eigenvalue weighted by Gasteiger charge is -2.01. The molecule has 2 N–H and O–H groups in total. The van der Waals surface area contributed by atoms with Crippen LogP contribution in [-0.4, -0.2) is 14.8 Å². The molecule has 0 saturated carbocycles. The van der Waals surface area contributed by atoms with Gasteiger partial charge in [-0.15, -0.1) is 0 Å². The second-order valence-electron chi connectivity index (χ2n) is 3.56. The first-order valence-corrected chi connectivity index (χ1v) is 4.71. The molecule has 0 bridgehead atoms. The average molecular weight is 181 g/mol. The van der Waals surface area contributed by atoms with E-state index in [1.54, 1.807) is 0 Å². The van der Waals surface area contributed by atoms with E-state index in [2.05, 4.69) is 4.57 Å². The Kier molecular flexibility index (Phi) is 2.14. The Morgan fingerprint density at radius 3 is 2.54 bits per heavy atom. The van der Waals surface area contributed by atoms with Crippen molar-refractivity contribution < 1.29 is 10.2 Å². The van der Waals surface area contributed by atoms with Crippen LogP contribution in [0.15, 0.2) is 0 Å². The van der Waals surface area contributed by atoms with Crippen LogP contribution in [-0.2, 0) is 26.2 Å². The number of hydrogen-bond donors (Lipinski definition) is 2. The van der Waals surface area contributed by atoms with E-state index in [9.17, 15) is 5.11 Å². The topological polar surface area (TPSA) is 45.4 Å². The van der Waals surface area contributed by atoms with Crippen LogP contribution in [0.4, 0.5) is 0 Å². The molecular formula is C10H15NO2. The van der Waals surface area contributed by atoms with Gasteiger partial charge in [-0.2, -0.15) is 0 Å². The average Bonchev–Trinajstić information content (AvgIpc) is 2.67. The Bertz CT molecular complexity index is 324. The van der Waals surface area contributed by atoms with Gasteiger partial charge in [0.25, 0.3) is 0 Å². The van der Waals surface area contributed by atoms with E-state index in [0.29, 0.717) is 0 Å². The standard InChI is InChI=1S/C10H15NO2/c1-7-8(5-12)9(6-13)10-3-2-4-11(7)10/h12-13H,2-6H2,1H3. The molecular weight excluding hydrogens is 166 g/mol. The Hall–Kier alpha value is -0.800. The van der Waals surface area contributed by atoms with Gasteiger partial charge in [-0.3, -0.25) is 0 Å². The fourth-order valence-corrected chi connectivity index (χ4v) is 2.31. The minimum atomic E-state index is 0.0434. The number of fused-ring (bicyclic) bond motifs is 1. The highest BCUT2D eigenvalue weighted by atomic mass is 16.3. The van der Waals surface area contributed by atoms with E-state index in [4.69, 9.17) is 5.11 Å². The Labute approximate surface area is 77.6 Å². The highest BCUT2D eigenvalue weighted by molar-refractivity contribution is 5.38. The molecule has 0 amide bonds. The van der Waals surface area contributed by atoms with Gasteiger partial charge in [-0.25, -0.2) is 0 Å². The zero-order valence-electron chi connectivity index (χ0n) is 7.88. The molecule has 0 spiro atoms. The van der Waals surface area contributed by atoms with Crippen molar-refractivity contribution in [3.05, 3.63) is 22.5 Å². The molecule has 13 heavy (non-hydrogen) atoms. The van der Waals surface area contributed by atoms with Gasteiger partial charge in [0.2, 0.25) is 0 Å². The van der Waals surface area contributed by atoms with Gasteiger partial charge in [0.15, 0.2) is 0 Å². The summed E-state index contributed by atoms with van der Waals surface area (Å²) in [6.07, 6.45) is 2.20. The van der Waals surface area contributed by atoms with Gasteiger partial charge in [-0.05, 0) is 19.8 Å². The summed E-state index contributed by atoms with van der Waals surface area (Å²) in [5.41, 5.74) is 4.23. The van der Waals surface area contributed by atoms with Gasteiger partial charge >= 0.3 is 0 Å². The molecule has 72 valence electrons. The van der Waals surface area contributed by atoms with Gasteiger partial charge in [0.05, 0.1) is 13.2 Å². The van der Waals surface area contributed by atoms with E-state index in [-0.39, 0.29) is 13.2 Å². The lowest BCUT2D eigenvalue weighted by Crippen LogP contribution is -1.96. The first-order valence-electron chi connectivity index (χ1n) is 4.71.